The summed E-state index contributed by atoms with van der Waals surface area (Å²) in [5.74, 6) is 0.485. The molecular weight excluding hydrogens is 346 g/mol. The van der Waals surface area contributed by atoms with Crippen LogP contribution >= 0.6 is 11.3 Å². The number of hydrogen-bond donors (Lipinski definition) is 2. The molecule has 1 unspecified atom stereocenters. The fourth-order valence-corrected chi connectivity index (χ4v) is 4.42. The van der Waals surface area contributed by atoms with Crippen LogP contribution in [0.25, 0.3) is 10.9 Å². The predicted octanol–water partition coefficient (Wildman–Crippen LogP) is 3.98. The number of benzene rings is 1. The van der Waals surface area contributed by atoms with Crippen LogP contribution in [-0.4, -0.2) is 39.2 Å². The molecule has 1 atom stereocenters. The standard InChI is InChI=1S/C19H23N5OS/c1-12-10-20-18(26-12)14-5-7-24(8-6-14)19(25)22-13(2)15-3-4-17-16(9-15)11-21-23-17/h3-4,9-11,13-14H,5-8H2,1-2H3,(H,21,23)(H,22,25). The molecule has 2 aromatic heterocycles. The first-order valence-electron chi connectivity index (χ1n) is 9.01. The lowest BCUT2D eigenvalue weighted by molar-refractivity contribution is 0.178. The molecule has 26 heavy (non-hydrogen) atoms. The molecule has 1 aliphatic heterocycles. The SMILES string of the molecule is Cc1cnc(C2CCN(C(=O)NC(C)c3ccc4[nH]ncc4c3)CC2)s1. The average molecular weight is 369 g/mol. The Bertz CT molecular complexity index is 909. The van der Waals surface area contributed by atoms with Crippen molar-refractivity contribution in [3.05, 3.63) is 46.0 Å². The number of carbonyl (C=O) groups excluding carboxylic acids is 1. The Morgan fingerprint density at radius 2 is 2.15 bits per heavy atom. The molecule has 0 aliphatic carbocycles. The Kier molecular flexibility index (Phi) is 4.63. The first-order valence-corrected chi connectivity index (χ1v) is 9.82. The summed E-state index contributed by atoms with van der Waals surface area (Å²) in [6.45, 7) is 5.67. The van der Waals surface area contributed by atoms with Gasteiger partial charge in [-0.2, -0.15) is 5.10 Å². The van der Waals surface area contributed by atoms with Gasteiger partial charge in [-0.1, -0.05) is 6.07 Å². The van der Waals surface area contributed by atoms with Crippen LogP contribution in [-0.2, 0) is 0 Å². The van der Waals surface area contributed by atoms with Gasteiger partial charge in [0.15, 0.2) is 0 Å². The number of carbonyl (C=O) groups is 1. The molecular formula is C19H23N5OS. The molecule has 1 aliphatic rings. The number of aromatic nitrogens is 3. The van der Waals surface area contributed by atoms with Crippen LogP contribution in [0.3, 0.4) is 0 Å². The van der Waals surface area contributed by atoms with E-state index in [9.17, 15) is 4.79 Å². The molecule has 2 amide bonds. The summed E-state index contributed by atoms with van der Waals surface area (Å²) in [5.41, 5.74) is 2.09. The Balaban J connectivity index is 1.34. The van der Waals surface area contributed by atoms with Crippen LogP contribution in [0.1, 0.15) is 47.2 Å². The number of aromatic amines is 1. The van der Waals surface area contributed by atoms with Gasteiger partial charge in [0.25, 0.3) is 0 Å². The van der Waals surface area contributed by atoms with E-state index in [0.717, 1.165) is 42.4 Å². The minimum atomic E-state index is -0.0406. The summed E-state index contributed by atoms with van der Waals surface area (Å²) in [7, 11) is 0. The number of likely N-dealkylation sites (tertiary alicyclic amines) is 1. The van der Waals surface area contributed by atoms with E-state index in [2.05, 4.69) is 33.5 Å². The van der Waals surface area contributed by atoms with Crippen molar-refractivity contribution in [2.24, 2.45) is 0 Å². The first kappa shape index (κ1) is 17.0. The fraction of sp³-hybridized carbons (Fsp3) is 0.421. The summed E-state index contributed by atoms with van der Waals surface area (Å²) in [5, 5.41) is 12.4. The molecule has 0 saturated carbocycles. The monoisotopic (exact) mass is 369 g/mol. The van der Waals surface area contributed by atoms with Gasteiger partial charge < -0.3 is 10.2 Å². The maximum absolute atomic E-state index is 12.6. The van der Waals surface area contributed by atoms with Crippen molar-refractivity contribution in [2.75, 3.05) is 13.1 Å². The van der Waals surface area contributed by atoms with Crippen LogP contribution in [0.5, 0.6) is 0 Å². The van der Waals surface area contributed by atoms with E-state index in [1.54, 1.807) is 17.5 Å². The molecule has 6 nitrogen and oxygen atoms in total. The van der Waals surface area contributed by atoms with E-state index >= 15 is 0 Å². The second-order valence-electron chi connectivity index (χ2n) is 6.96. The molecule has 136 valence electrons. The zero-order valence-corrected chi connectivity index (χ0v) is 15.8. The topological polar surface area (TPSA) is 73.9 Å². The fourth-order valence-electron chi connectivity index (χ4n) is 3.48. The van der Waals surface area contributed by atoms with E-state index < -0.39 is 0 Å². The van der Waals surface area contributed by atoms with E-state index in [0.29, 0.717) is 5.92 Å². The number of nitrogens with zero attached hydrogens (tertiary/aromatic N) is 3. The van der Waals surface area contributed by atoms with Gasteiger partial charge in [-0.3, -0.25) is 5.10 Å². The molecule has 4 rings (SSSR count). The van der Waals surface area contributed by atoms with Crippen LogP contribution in [0, 0.1) is 6.92 Å². The van der Waals surface area contributed by atoms with Crippen LogP contribution < -0.4 is 5.32 Å². The van der Waals surface area contributed by atoms with E-state index in [1.807, 2.05) is 30.2 Å². The van der Waals surface area contributed by atoms with Crippen molar-refractivity contribution >= 4 is 28.3 Å². The third-order valence-corrected chi connectivity index (χ3v) is 6.15. The summed E-state index contributed by atoms with van der Waals surface area (Å²) in [6.07, 6.45) is 5.71. The number of amides is 2. The highest BCUT2D eigenvalue weighted by Gasteiger charge is 2.26. The lowest BCUT2D eigenvalue weighted by Crippen LogP contribution is -2.44. The number of piperidine rings is 1. The van der Waals surface area contributed by atoms with Gasteiger partial charge in [-0.25, -0.2) is 9.78 Å². The lowest BCUT2D eigenvalue weighted by Gasteiger charge is -2.32. The molecule has 0 bridgehead atoms. The highest BCUT2D eigenvalue weighted by atomic mass is 32.1. The van der Waals surface area contributed by atoms with Crippen molar-refractivity contribution in [1.82, 2.24) is 25.4 Å². The van der Waals surface area contributed by atoms with Gasteiger partial charge in [0.2, 0.25) is 0 Å². The number of urea groups is 1. The summed E-state index contributed by atoms with van der Waals surface area (Å²) < 4.78 is 0. The van der Waals surface area contributed by atoms with Gasteiger partial charge >= 0.3 is 6.03 Å². The zero-order chi connectivity index (χ0) is 18.1. The van der Waals surface area contributed by atoms with E-state index in [-0.39, 0.29) is 12.1 Å². The van der Waals surface area contributed by atoms with Gasteiger partial charge in [-0.15, -0.1) is 11.3 Å². The minimum Gasteiger partial charge on any atom is -0.331 e. The highest BCUT2D eigenvalue weighted by Crippen LogP contribution is 2.31. The van der Waals surface area contributed by atoms with Gasteiger partial charge in [0, 0.05) is 35.5 Å². The first-order chi connectivity index (χ1) is 12.6. The number of hydrogen-bond acceptors (Lipinski definition) is 4. The molecule has 0 radical (unpaired) electrons. The summed E-state index contributed by atoms with van der Waals surface area (Å²) in [6, 6.07) is 6.07. The number of thiazole rings is 1. The normalized spacial score (nSPS) is 16.8. The second-order valence-corrected chi connectivity index (χ2v) is 8.22. The smallest absolute Gasteiger partial charge is 0.317 e. The van der Waals surface area contributed by atoms with E-state index in [4.69, 9.17) is 0 Å². The average Bonchev–Trinajstić information content (AvgIpc) is 3.29. The maximum Gasteiger partial charge on any atom is 0.317 e. The van der Waals surface area contributed by atoms with Crippen molar-refractivity contribution in [1.29, 1.82) is 0 Å². The third-order valence-electron chi connectivity index (χ3n) is 5.07. The maximum atomic E-state index is 12.6. The van der Waals surface area contributed by atoms with Gasteiger partial charge in [0.1, 0.15) is 0 Å². The number of H-pyrrole nitrogens is 1. The van der Waals surface area contributed by atoms with Gasteiger partial charge in [-0.05, 0) is 44.4 Å². The molecule has 1 fully saturated rings. The molecule has 1 aromatic carbocycles. The van der Waals surface area contributed by atoms with Crippen LogP contribution in [0.15, 0.2) is 30.6 Å². The number of rotatable bonds is 3. The Morgan fingerprint density at radius 3 is 2.88 bits per heavy atom. The van der Waals surface area contributed by atoms with Crippen molar-refractivity contribution in [3.63, 3.8) is 0 Å². The third kappa shape index (κ3) is 3.44. The Labute approximate surface area is 156 Å². The second kappa shape index (κ2) is 7.07. The lowest BCUT2D eigenvalue weighted by atomic mass is 9.98. The molecule has 1 saturated heterocycles. The molecule has 2 N–H and O–H groups in total. The Morgan fingerprint density at radius 1 is 1.35 bits per heavy atom. The van der Waals surface area contributed by atoms with Crippen molar-refractivity contribution in [2.45, 2.75) is 38.6 Å². The van der Waals surface area contributed by atoms with Crippen LogP contribution in [0.4, 0.5) is 4.79 Å². The molecule has 0 spiro atoms. The number of aryl methyl sites for hydroxylation is 1. The molecule has 3 heterocycles. The van der Waals surface area contributed by atoms with E-state index in [1.165, 1.54) is 9.88 Å². The largest absolute Gasteiger partial charge is 0.331 e. The number of fused-ring (bicyclic) bond motifs is 1. The molecule has 7 heteroatoms. The van der Waals surface area contributed by atoms with Crippen LogP contribution in [0.2, 0.25) is 0 Å². The zero-order valence-electron chi connectivity index (χ0n) is 15.0. The molecule has 3 aromatic rings. The summed E-state index contributed by atoms with van der Waals surface area (Å²) >= 11 is 1.78. The quantitative estimate of drug-likeness (QED) is 0.733. The minimum absolute atomic E-state index is 0.0126. The number of nitrogens with one attached hydrogen (secondary N) is 2. The van der Waals surface area contributed by atoms with Gasteiger partial charge in [0.05, 0.1) is 22.8 Å². The predicted molar refractivity (Wildman–Crippen MR) is 103 cm³/mol. The summed E-state index contributed by atoms with van der Waals surface area (Å²) in [4.78, 5) is 20.3. The van der Waals surface area contributed by atoms with Crippen molar-refractivity contribution in [3.8, 4) is 0 Å². The van der Waals surface area contributed by atoms with Crippen molar-refractivity contribution < 1.29 is 4.79 Å². The highest BCUT2D eigenvalue weighted by molar-refractivity contribution is 7.11. The Hall–Kier alpha value is -2.41.